The Labute approximate surface area is 248 Å². The second kappa shape index (κ2) is 13.2. The molecular formula is C25H24Cl2O11S3. The first-order chi connectivity index (χ1) is 19.2. The normalized spacial score (nSPS) is 12.3. The van der Waals surface area contributed by atoms with Gasteiger partial charge < -0.3 is 4.74 Å². The van der Waals surface area contributed by atoms with E-state index in [4.69, 9.17) is 40.5 Å². The van der Waals surface area contributed by atoms with Gasteiger partial charge in [0.1, 0.15) is 21.3 Å². The zero-order valence-electron chi connectivity index (χ0n) is 21.8. The molecule has 0 saturated carbocycles. The van der Waals surface area contributed by atoms with Gasteiger partial charge in [-0.3, -0.25) is 17.3 Å². The van der Waals surface area contributed by atoms with Crippen molar-refractivity contribution in [1.29, 1.82) is 0 Å². The van der Waals surface area contributed by atoms with Crippen LogP contribution >= 0.6 is 23.2 Å². The summed E-state index contributed by atoms with van der Waals surface area (Å²) in [5.74, 6) is -1.57. The van der Waals surface area contributed by atoms with Gasteiger partial charge in [0.25, 0.3) is 10.1 Å². The van der Waals surface area contributed by atoms with Gasteiger partial charge in [-0.05, 0) is 75.4 Å². The van der Waals surface area contributed by atoms with Crippen LogP contribution in [-0.2, 0) is 42.9 Å². The summed E-state index contributed by atoms with van der Waals surface area (Å²) in [6.07, 6.45) is 0. The van der Waals surface area contributed by atoms with Crippen molar-refractivity contribution in [1.82, 2.24) is 0 Å². The fourth-order valence-corrected chi connectivity index (χ4v) is 6.98. The maximum Gasteiger partial charge on any atom is 0.300 e. The van der Waals surface area contributed by atoms with Crippen molar-refractivity contribution in [2.75, 3.05) is 19.8 Å². The predicted octanol–water partition coefficient (Wildman–Crippen LogP) is 5.19. The van der Waals surface area contributed by atoms with E-state index < -0.39 is 62.3 Å². The molecule has 3 rings (SSSR count). The molecule has 0 atom stereocenters. The topological polar surface area (TPSA) is 156 Å². The minimum Gasteiger partial charge on any atom is -0.454 e. The first-order valence-corrected chi connectivity index (χ1v) is 16.8. The van der Waals surface area contributed by atoms with E-state index in [9.17, 15) is 30.0 Å². The van der Waals surface area contributed by atoms with Crippen molar-refractivity contribution in [2.45, 2.75) is 35.5 Å². The van der Waals surface area contributed by atoms with Gasteiger partial charge in [0.05, 0.1) is 29.7 Å². The van der Waals surface area contributed by atoms with Gasteiger partial charge >= 0.3 is 20.2 Å². The summed E-state index contributed by atoms with van der Waals surface area (Å²) >= 11 is 12.1. The smallest absolute Gasteiger partial charge is 0.300 e. The number of hydrogen-bond acceptors (Lipinski definition) is 11. The maximum absolute atomic E-state index is 13.2. The summed E-state index contributed by atoms with van der Waals surface area (Å²) in [7, 11) is -13.5. The minimum atomic E-state index is -4.59. The van der Waals surface area contributed by atoms with Gasteiger partial charge in [-0.1, -0.05) is 23.2 Å². The van der Waals surface area contributed by atoms with Crippen LogP contribution in [-0.4, -0.2) is 50.9 Å². The lowest BCUT2D eigenvalue weighted by molar-refractivity contribution is 0.103. The molecule has 0 aliphatic carbocycles. The van der Waals surface area contributed by atoms with Crippen LogP contribution in [0.5, 0.6) is 11.5 Å². The van der Waals surface area contributed by atoms with Crippen LogP contribution in [0.1, 0.15) is 36.7 Å². The summed E-state index contributed by atoms with van der Waals surface area (Å²) in [4.78, 5) is 11.3. The van der Waals surface area contributed by atoms with Gasteiger partial charge in [0.15, 0.2) is 5.78 Å². The van der Waals surface area contributed by atoms with Gasteiger partial charge in [-0.2, -0.15) is 25.3 Å². The maximum atomic E-state index is 13.2. The third-order valence-electron chi connectivity index (χ3n) is 5.16. The number of benzene rings is 3. The van der Waals surface area contributed by atoms with E-state index in [1.165, 1.54) is 45.0 Å². The SMILES string of the molecule is CCOS(=O)(=O)c1ccc(Oc2ccc(C(=O)c3cc(Cl)ccc3Cl)cc2S(=O)(=O)OCC)c(S(=O)(=O)OCC)c1. The Morgan fingerprint density at radius 2 is 1.17 bits per heavy atom. The van der Waals surface area contributed by atoms with Crippen molar-refractivity contribution in [3.8, 4) is 11.5 Å². The van der Waals surface area contributed by atoms with Crippen LogP contribution < -0.4 is 4.74 Å². The van der Waals surface area contributed by atoms with E-state index in [0.717, 1.165) is 30.3 Å². The van der Waals surface area contributed by atoms with Crippen molar-refractivity contribution >= 4 is 59.3 Å². The van der Waals surface area contributed by atoms with E-state index in [1.54, 1.807) is 0 Å². The molecule has 0 bridgehead atoms. The van der Waals surface area contributed by atoms with Crippen LogP contribution in [0.25, 0.3) is 0 Å². The van der Waals surface area contributed by atoms with E-state index >= 15 is 0 Å². The molecule has 41 heavy (non-hydrogen) atoms. The lowest BCUT2D eigenvalue weighted by Crippen LogP contribution is -2.13. The number of hydrogen-bond donors (Lipinski definition) is 0. The lowest BCUT2D eigenvalue weighted by Gasteiger charge is -2.16. The second-order valence-electron chi connectivity index (χ2n) is 7.91. The fourth-order valence-electron chi connectivity index (χ4n) is 3.46. The number of carbonyl (C=O) groups is 1. The van der Waals surface area contributed by atoms with Crippen molar-refractivity contribution < 1.29 is 47.3 Å². The first-order valence-electron chi connectivity index (χ1n) is 11.8. The molecule has 3 aromatic rings. The Morgan fingerprint density at radius 1 is 0.659 bits per heavy atom. The van der Waals surface area contributed by atoms with Crippen LogP contribution in [0.15, 0.2) is 69.3 Å². The van der Waals surface area contributed by atoms with Gasteiger partial charge in [0.2, 0.25) is 0 Å². The summed E-state index contributed by atoms with van der Waals surface area (Å²) in [5.41, 5.74) is -0.121. The van der Waals surface area contributed by atoms with Gasteiger partial charge in [-0.25, -0.2) is 0 Å². The second-order valence-corrected chi connectivity index (χ2v) is 13.5. The van der Waals surface area contributed by atoms with E-state index in [1.807, 2.05) is 0 Å². The molecule has 222 valence electrons. The Bertz CT molecular complexity index is 1790. The first kappa shape index (κ1) is 32.9. The average Bonchev–Trinajstić information content (AvgIpc) is 2.89. The highest BCUT2D eigenvalue weighted by atomic mass is 35.5. The van der Waals surface area contributed by atoms with Crippen LogP contribution in [0.4, 0.5) is 0 Å². The molecule has 0 heterocycles. The molecule has 0 aliphatic rings. The Balaban J connectivity index is 2.21. The molecule has 0 N–H and O–H groups in total. The summed E-state index contributed by atoms with van der Waals surface area (Å²) in [6, 6.07) is 10.3. The summed E-state index contributed by atoms with van der Waals surface area (Å²) < 4.78 is 96.8. The highest BCUT2D eigenvalue weighted by molar-refractivity contribution is 7.87. The summed E-state index contributed by atoms with van der Waals surface area (Å²) in [5, 5.41) is 0.291. The Kier molecular flexibility index (Phi) is 10.6. The molecule has 0 amide bonds. The van der Waals surface area contributed by atoms with E-state index in [0.29, 0.717) is 0 Å². The highest BCUT2D eigenvalue weighted by Crippen LogP contribution is 2.37. The van der Waals surface area contributed by atoms with Crippen molar-refractivity contribution in [2.24, 2.45) is 0 Å². The fraction of sp³-hybridized carbons (Fsp3) is 0.240. The molecule has 0 saturated heterocycles. The minimum absolute atomic E-state index is 0.00350. The molecule has 11 nitrogen and oxygen atoms in total. The molecule has 0 aromatic heterocycles. The van der Waals surface area contributed by atoms with Gasteiger partial charge in [-0.15, -0.1) is 0 Å². The van der Waals surface area contributed by atoms with Crippen LogP contribution in [0, 0.1) is 0 Å². The third-order valence-corrected chi connectivity index (χ3v) is 9.91. The highest BCUT2D eigenvalue weighted by Gasteiger charge is 2.29. The Hall–Kier alpha value is -2.56. The molecule has 0 radical (unpaired) electrons. The monoisotopic (exact) mass is 666 g/mol. The molecular weight excluding hydrogens is 643 g/mol. The van der Waals surface area contributed by atoms with E-state index in [2.05, 4.69) is 0 Å². The number of ether oxygens (including phenoxy) is 1. The number of carbonyl (C=O) groups excluding carboxylic acids is 1. The Morgan fingerprint density at radius 3 is 1.73 bits per heavy atom. The molecule has 0 spiro atoms. The predicted molar refractivity (Wildman–Crippen MR) is 149 cm³/mol. The van der Waals surface area contributed by atoms with Crippen LogP contribution in [0.2, 0.25) is 10.0 Å². The van der Waals surface area contributed by atoms with Crippen molar-refractivity contribution in [3.05, 3.63) is 75.8 Å². The number of halogens is 2. The molecule has 16 heteroatoms. The zero-order chi connectivity index (χ0) is 30.6. The quantitative estimate of drug-likeness (QED) is 0.175. The summed E-state index contributed by atoms with van der Waals surface area (Å²) in [6.45, 7) is 3.47. The third kappa shape index (κ3) is 7.64. The molecule has 3 aromatic carbocycles. The molecule has 0 unspecified atom stereocenters. The van der Waals surface area contributed by atoms with E-state index in [-0.39, 0.29) is 41.0 Å². The number of ketones is 1. The van der Waals surface area contributed by atoms with Crippen molar-refractivity contribution in [3.63, 3.8) is 0 Å². The number of rotatable bonds is 13. The zero-order valence-corrected chi connectivity index (χ0v) is 25.8. The standard InChI is InChI=1S/C25H24Cl2O11S3/c1-4-35-39(29,30)18-9-12-22(24(15-18)41(33,34)37-6-3)38-21-11-7-16(13-23(21)40(31,32)36-5-2)25(28)19-14-17(26)8-10-20(19)27/h7-15H,4-6H2,1-3H3. The van der Waals surface area contributed by atoms with Crippen LogP contribution in [0.3, 0.4) is 0 Å². The molecule has 0 aliphatic heterocycles. The largest absolute Gasteiger partial charge is 0.454 e. The lowest BCUT2D eigenvalue weighted by atomic mass is 10.0. The average molecular weight is 668 g/mol. The molecule has 0 fully saturated rings. The van der Waals surface area contributed by atoms with Gasteiger partial charge in [0, 0.05) is 16.1 Å².